The fourth-order valence-corrected chi connectivity index (χ4v) is 2.90. The number of nitrogens with two attached hydrogens (primary N) is 1. The van der Waals surface area contributed by atoms with Crippen LogP contribution in [-0.2, 0) is 17.6 Å². The molecule has 4 N–H and O–H groups in total. The molecule has 0 aliphatic rings. The van der Waals surface area contributed by atoms with Crippen LogP contribution in [0, 0.1) is 0 Å². The van der Waals surface area contributed by atoms with Gasteiger partial charge in [-0.1, -0.05) is 48.5 Å². The molecule has 28 heavy (non-hydrogen) atoms. The van der Waals surface area contributed by atoms with E-state index in [0.717, 1.165) is 16.8 Å². The highest BCUT2D eigenvalue weighted by atomic mass is 16.2. The lowest BCUT2D eigenvalue weighted by atomic mass is 10.1. The summed E-state index contributed by atoms with van der Waals surface area (Å²) in [5.74, 6) is -0.266. The van der Waals surface area contributed by atoms with Gasteiger partial charge in [-0.3, -0.25) is 4.79 Å². The predicted octanol–water partition coefficient (Wildman–Crippen LogP) is 1.81. The van der Waals surface area contributed by atoms with Gasteiger partial charge in [0.25, 0.3) is 0 Å². The van der Waals surface area contributed by atoms with E-state index in [-0.39, 0.29) is 5.91 Å². The third-order valence-corrected chi connectivity index (χ3v) is 4.29. The second kappa shape index (κ2) is 9.36. The Balaban J connectivity index is 1.54. The van der Waals surface area contributed by atoms with E-state index in [1.54, 1.807) is 10.9 Å². The van der Waals surface area contributed by atoms with Gasteiger partial charge in [0.1, 0.15) is 6.04 Å². The quantitative estimate of drug-likeness (QED) is 0.558. The van der Waals surface area contributed by atoms with Gasteiger partial charge in [-0.25, -0.2) is 9.48 Å². The number of rotatable bonds is 8. The molecule has 1 aromatic heterocycles. The first kappa shape index (κ1) is 19.2. The highest BCUT2D eigenvalue weighted by Gasteiger charge is 2.19. The minimum Gasteiger partial charge on any atom is -0.354 e. The highest BCUT2D eigenvalue weighted by Crippen LogP contribution is 2.08. The number of para-hydroxylation sites is 1. The van der Waals surface area contributed by atoms with Crippen molar-refractivity contribution in [3.05, 3.63) is 84.2 Å². The van der Waals surface area contributed by atoms with Crippen LogP contribution in [0.4, 0.5) is 4.79 Å². The summed E-state index contributed by atoms with van der Waals surface area (Å²) >= 11 is 0. The van der Waals surface area contributed by atoms with Gasteiger partial charge in [0.05, 0.1) is 11.9 Å². The van der Waals surface area contributed by atoms with E-state index >= 15 is 0 Å². The van der Waals surface area contributed by atoms with Gasteiger partial charge in [0, 0.05) is 19.2 Å². The highest BCUT2D eigenvalue weighted by molar-refractivity contribution is 5.86. The lowest BCUT2D eigenvalue weighted by molar-refractivity contribution is -0.122. The normalized spacial score (nSPS) is 11.6. The van der Waals surface area contributed by atoms with E-state index in [1.165, 1.54) is 0 Å². The zero-order valence-electron chi connectivity index (χ0n) is 15.4. The number of benzene rings is 2. The molecule has 0 spiro atoms. The molecule has 3 rings (SSSR count). The molecule has 1 heterocycles. The van der Waals surface area contributed by atoms with Crippen LogP contribution in [0.25, 0.3) is 5.69 Å². The molecule has 0 saturated carbocycles. The van der Waals surface area contributed by atoms with Crippen LogP contribution in [-0.4, -0.2) is 34.3 Å². The first-order valence-corrected chi connectivity index (χ1v) is 9.08. The molecular formula is C21H23N5O2. The first-order chi connectivity index (χ1) is 13.6. The molecule has 0 saturated heterocycles. The largest absolute Gasteiger partial charge is 0.354 e. The van der Waals surface area contributed by atoms with Crippen molar-refractivity contribution in [2.75, 3.05) is 6.54 Å². The molecule has 0 fully saturated rings. The van der Waals surface area contributed by atoms with Crippen molar-refractivity contribution < 1.29 is 9.59 Å². The Morgan fingerprint density at radius 3 is 2.36 bits per heavy atom. The van der Waals surface area contributed by atoms with Crippen LogP contribution in [0.3, 0.4) is 0 Å². The predicted molar refractivity (Wildman–Crippen MR) is 107 cm³/mol. The van der Waals surface area contributed by atoms with Crippen molar-refractivity contribution in [1.29, 1.82) is 0 Å². The molecule has 7 heteroatoms. The third-order valence-electron chi connectivity index (χ3n) is 4.29. The van der Waals surface area contributed by atoms with Crippen LogP contribution >= 0.6 is 0 Å². The second-order valence-corrected chi connectivity index (χ2v) is 6.42. The molecule has 144 valence electrons. The lowest BCUT2D eigenvalue weighted by Crippen LogP contribution is -2.50. The number of aromatic nitrogens is 2. The summed E-state index contributed by atoms with van der Waals surface area (Å²) in [5.41, 5.74) is 8.15. The summed E-state index contributed by atoms with van der Waals surface area (Å²) in [6.07, 6.45) is 4.72. The number of carbonyl (C=O) groups excluding carboxylic acids is 2. The van der Waals surface area contributed by atoms with E-state index in [4.69, 9.17) is 5.73 Å². The molecule has 2 aromatic carbocycles. The van der Waals surface area contributed by atoms with Crippen molar-refractivity contribution >= 4 is 11.9 Å². The molecule has 0 radical (unpaired) electrons. The minimum atomic E-state index is -0.722. The number of urea groups is 1. The van der Waals surface area contributed by atoms with Crippen molar-refractivity contribution in [3.63, 3.8) is 0 Å². The van der Waals surface area contributed by atoms with Crippen LogP contribution in [0.1, 0.15) is 11.1 Å². The van der Waals surface area contributed by atoms with Gasteiger partial charge in [0.15, 0.2) is 0 Å². The average Bonchev–Trinajstić information content (AvgIpc) is 3.17. The Morgan fingerprint density at radius 2 is 1.68 bits per heavy atom. The maximum Gasteiger partial charge on any atom is 0.312 e. The fourth-order valence-electron chi connectivity index (χ4n) is 2.90. The summed E-state index contributed by atoms with van der Waals surface area (Å²) in [5, 5.41) is 9.72. The van der Waals surface area contributed by atoms with Crippen molar-refractivity contribution in [2.24, 2.45) is 5.73 Å². The van der Waals surface area contributed by atoms with Gasteiger partial charge in [0.2, 0.25) is 5.91 Å². The van der Waals surface area contributed by atoms with Crippen molar-refractivity contribution in [2.45, 2.75) is 18.9 Å². The van der Waals surface area contributed by atoms with E-state index in [9.17, 15) is 9.59 Å². The monoisotopic (exact) mass is 377 g/mol. The van der Waals surface area contributed by atoms with Gasteiger partial charge in [-0.2, -0.15) is 5.10 Å². The van der Waals surface area contributed by atoms with E-state index in [0.29, 0.717) is 19.4 Å². The molecular weight excluding hydrogens is 354 g/mol. The van der Waals surface area contributed by atoms with Crippen LogP contribution < -0.4 is 16.4 Å². The number of hydrogen-bond donors (Lipinski definition) is 3. The van der Waals surface area contributed by atoms with Gasteiger partial charge >= 0.3 is 6.03 Å². The summed E-state index contributed by atoms with van der Waals surface area (Å²) < 4.78 is 1.80. The zero-order chi connectivity index (χ0) is 19.8. The number of nitrogens with one attached hydrogen (secondary N) is 2. The first-order valence-electron chi connectivity index (χ1n) is 9.08. The molecule has 0 bridgehead atoms. The SMILES string of the molecule is NC(=O)NC(Cc1ccccc1)C(=O)NCCc1cnn(-c2ccccc2)c1. The summed E-state index contributed by atoms with van der Waals surface area (Å²) in [4.78, 5) is 23.8. The number of nitrogens with zero attached hydrogens (tertiary/aromatic N) is 2. The molecule has 7 nitrogen and oxygen atoms in total. The zero-order valence-corrected chi connectivity index (χ0v) is 15.4. The number of hydrogen-bond acceptors (Lipinski definition) is 3. The van der Waals surface area contributed by atoms with Gasteiger partial charge in [-0.05, 0) is 29.7 Å². The Kier molecular flexibility index (Phi) is 6.41. The molecule has 1 unspecified atom stereocenters. The van der Waals surface area contributed by atoms with Gasteiger partial charge in [-0.15, -0.1) is 0 Å². The summed E-state index contributed by atoms with van der Waals surface area (Å²) in [6, 6.07) is 17.9. The Morgan fingerprint density at radius 1 is 1.00 bits per heavy atom. The maximum absolute atomic E-state index is 12.5. The standard InChI is InChI=1S/C21H23N5O2/c22-21(28)25-19(13-16-7-3-1-4-8-16)20(27)23-12-11-17-14-24-26(15-17)18-9-5-2-6-10-18/h1-10,14-15,19H,11-13H2,(H,23,27)(H3,22,25,28). The summed E-state index contributed by atoms with van der Waals surface area (Å²) in [6.45, 7) is 0.436. The lowest BCUT2D eigenvalue weighted by Gasteiger charge is -2.17. The van der Waals surface area contributed by atoms with E-state index in [1.807, 2.05) is 66.9 Å². The number of primary amides is 1. The smallest absolute Gasteiger partial charge is 0.312 e. The molecule has 3 aromatic rings. The van der Waals surface area contributed by atoms with Crippen molar-refractivity contribution in [1.82, 2.24) is 20.4 Å². The average molecular weight is 377 g/mol. The van der Waals surface area contributed by atoms with Crippen molar-refractivity contribution in [3.8, 4) is 5.69 Å². The third kappa shape index (κ3) is 5.44. The van der Waals surface area contributed by atoms with Gasteiger partial charge < -0.3 is 16.4 Å². The Labute approximate surface area is 163 Å². The fraction of sp³-hybridized carbons (Fsp3) is 0.190. The van der Waals surface area contributed by atoms with Crippen LogP contribution in [0.5, 0.6) is 0 Å². The van der Waals surface area contributed by atoms with Crippen LogP contribution in [0.2, 0.25) is 0 Å². The maximum atomic E-state index is 12.5. The Bertz CT molecular complexity index is 909. The molecule has 0 aliphatic carbocycles. The van der Waals surface area contributed by atoms with E-state index in [2.05, 4.69) is 15.7 Å². The van der Waals surface area contributed by atoms with Crippen LogP contribution in [0.15, 0.2) is 73.1 Å². The van der Waals surface area contributed by atoms with E-state index < -0.39 is 12.1 Å². The number of amides is 3. The number of carbonyl (C=O) groups is 2. The molecule has 3 amide bonds. The molecule has 1 atom stereocenters. The molecule has 0 aliphatic heterocycles. The summed E-state index contributed by atoms with van der Waals surface area (Å²) in [7, 11) is 0. The minimum absolute atomic E-state index is 0.266. The second-order valence-electron chi connectivity index (χ2n) is 6.42. The topological polar surface area (TPSA) is 102 Å². The Hall–Kier alpha value is -3.61.